The summed E-state index contributed by atoms with van der Waals surface area (Å²) >= 11 is 0. The second-order valence-electron chi connectivity index (χ2n) is 6.40. The van der Waals surface area contributed by atoms with Crippen molar-refractivity contribution in [1.82, 2.24) is 25.1 Å². The molecule has 0 N–H and O–H groups in total. The Bertz CT molecular complexity index is 498. The fraction of sp³-hybridized carbons (Fsp3) is 0.867. The molecular weight excluding hydrogens is 282 g/mol. The van der Waals surface area contributed by atoms with Crippen molar-refractivity contribution in [3.8, 4) is 0 Å². The van der Waals surface area contributed by atoms with Gasteiger partial charge >= 0.3 is 0 Å². The van der Waals surface area contributed by atoms with Crippen LogP contribution in [0.3, 0.4) is 0 Å². The van der Waals surface area contributed by atoms with E-state index in [0.717, 1.165) is 12.3 Å². The van der Waals surface area contributed by atoms with Gasteiger partial charge in [-0.05, 0) is 22.8 Å². The van der Waals surface area contributed by atoms with Gasteiger partial charge in [0.15, 0.2) is 5.82 Å². The molecule has 1 saturated heterocycles. The van der Waals surface area contributed by atoms with E-state index < -0.39 is 0 Å². The summed E-state index contributed by atoms with van der Waals surface area (Å²) in [4.78, 5) is 14.4. The van der Waals surface area contributed by atoms with Crippen molar-refractivity contribution >= 4 is 5.91 Å². The number of rotatable bonds is 4. The number of aryl methyl sites for hydroxylation is 1. The van der Waals surface area contributed by atoms with E-state index >= 15 is 0 Å². The standard InChI is InChI=1S/C15H25N5O2/c1-19-15(16-17-18-19)13-11-20(9-10-22-13)14(21)8-7-12-5-3-2-4-6-12/h12-13H,2-11H2,1H3. The van der Waals surface area contributed by atoms with E-state index in [1.54, 1.807) is 11.7 Å². The molecule has 0 aromatic carbocycles. The number of hydrogen-bond acceptors (Lipinski definition) is 5. The average Bonchev–Trinajstić information content (AvgIpc) is 3.00. The van der Waals surface area contributed by atoms with E-state index in [4.69, 9.17) is 4.74 Å². The van der Waals surface area contributed by atoms with Crippen molar-refractivity contribution in [1.29, 1.82) is 0 Å². The Labute approximate surface area is 131 Å². The van der Waals surface area contributed by atoms with Crippen LogP contribution in [0.1, 0.15) is 56.9 Å². The summed E-state index contributed by atoms with van der Waals surface area (Å²) in [5, 5.41) is 11.5. The first-order chi connectivity index (χ1) is 10.7. The molecule has 7 heteroatoms. The van der Waals surface area contributed by atoms with E-state index in [0.29, 0.717) is 31.9 Å². The van der Waals surface area contributed by atoms with Crippen molar-refractivity contribution in [2.45, 2.75) is 51.0 Å². The lowest BCUT2D eigenvalue weighted by molar-refractivity contribution is -0.139. The minimum absolute atomic E-state index is 0.215. The zero-order chi connectivity index (χ0) is 15.4. The molecule has 1 atom stereocenters. The number of morpholine rings is 1. The Balaban J connectivity index is 1.50. The van der Waals surface area contributed by atoms with E-state index in [2.05, 4.69) is 15.5 Å². The molecule has 1 aromatic rings. The number of ether oxygens (including phenoxy) is 1. The summed E-state index contributed by atoms with van der Waals surface area (Å²) in [6.45, 7) is 1.77. The zero-order valence-electron chi connectivity index (χ0n) is 13.3. The van der Waals surface area contributed by atoms with Crippen LogP contribution in [-0.4, -0.2) is 50.7 Å². The van der Waals surface area contributed by atoms with Gasteiger partial charge in [-0.25, -0.2) is 4.68 Å². The molecule has 0 bridgehead atoms. The quantitative estimate of drug-likeness (QED) is 0.842. The van der Waals surface area contributed by atoms with Crippen LogP contribution in [-0.2, 0) is 16.6 Å². The Morgan fingerprint density at radius 2 is 2.14 bits per heavy atom. The smallest absolute Gasteiger partial charge is 0.222 e. The largest absolute Gasteiger partial charge is 0.366 e. The van der Waals surface area contributed by atoms with Crippen LogP contribution in [0.5, 0.6) is 0 Å². The third-order valence-electron chi connectivity index (χ3n) is 4.85. The number of carbonyl (C=O) groups is 1. The van der Waals surface area contributed by atoms with E-state index in [1.807, 2.05) is 4.90 Å². The van der Waals surface area contributed by atoms with Gasteiger partial charge in [0.05, 0.1) is 13.2 Å². The van der Waals surface area contributed by atoms with Gasteiger partial charge in [0.25, 0.3) is 0 Å². The first-order valence-electron chi connectivity index (χ1n) is 8.35. The minimum Gasteiger partial charge on any atom is -0.366 e. The summed E-state index contributed by atoms with van der Waals surface area (Å²) in [7, 11) is 1.79. The number of nitrogens with zero attached hydrogens (tertiary/aromatic N) is 5. The molecule has 1 aliphatic heterocycles. The number of aromatic nitrogens is 4. The maximum absolute atomic E-state index is 12.5. The van der Waals surface area contributed by atoms with Gasteiger partial charge in [-0.1, -0.05) is 32.1 Å². The second kappa shape index (κ2) is 7.17. The summed E-state index contributed by atoms with van der Waals surface area (Å²) in [5.41, 5.74) is 0. The molecule has 22 heavy (non-hydrogen) atoms. The minimum atomic E-state index is -0.215. The lowest BCUT2D eigenvalue weighted by atomic mass is 9.86. The third kappa shape index (κ3) is 3.63. The monoisotopic (exact) mass is 307 g/mol. The lowest BCUT2D eigenvalue weighted by Gasteiger charge is -2.32. The highest BCUT2D eigenvalue weighted by molar-refractivity contribution is 5.76. The van der Waals surface area contributed by atoms with Crippen LogP contribution >= 0.6 is 0 Å². The maximum atomic E-state index is 12.5. The predicted octanol–water partition coefficient (Wildman–Crippen LogP) is 1.47. The third-order valence-corrected chi connectivity index (χ3v) is 4.85. The number of hydrogen-bond donors (Lipinski definition) is 0. The Morgan fingerprint density at radius 3 is 2.86 bits per heavy atom. The molecule has 1 amide bonds. The highest BCUT2D eigenvalue weighted by Gasteiger charge is 2.28. The number of tetrazole rings is 1. The van der Waals surface area contributed by atoms with Gasteiger partial charge in [-0.2, -0.15) is 0 Å². The lowest BCUT2D eigenvalue weighted by Crippen LogP contribution is -2.43. The Kier molecular flexibility index (Phi) is 5.02. The summed E-state index contributed by atoms with van der Waals surface area (Å²) in [5.74, 6) is 1.68. The SMILES string of the molecule is Cn1nnnc1C1CN(C(=O)CCC2CCCCC2)CCO1. The fourth-order valence-electron chi connectivity index (χ4n) is 3.50. The van der Waals surface area contributed by atoms with Crippen LogP contribution < -0.4 is 0 Å². The van der Waals surface area contributed by atoms with Crippen LogP contribution in [0.2, 0.25) is 0 Å². The van der Waals surface area contributed by atoms with Crippen LogP contribution in [0.4, 0.5) is 0 Å². The van der Waals surface area contributed by atoms with E-state index in [1.165, 1.54) is 32.1 Å². The maximum Gasteiger partial charge on any atom is 0.222 e. The first-order valence-corrected chi connectivity index (χ1v) is 8.35. The molecule has 0 radical (unpaired) electrons. The normalized spacial score (nSPS) is 23.7. The van der Waals surface area contributed by atoms with Crippen molar-refractivity contribution < 1.29 is 9.53 Å². The highest BCUT2D eigenvalue weighted by Crippen LogP contribution is 2.28. The molecular formula is C15H25N5O2. The van der Waals surface area contributed by atoms with Crippen LogP contribution in [0.15, 0.2) is 0 Å². The molecule has 7 nitrogen and oxygen atoms in total. The topological polar surface area (TPSA) is 73.1 Å². The van der Waals surface area contributed by atoms with Crippen molar-refractivity contribution in [2.24, 2.45) is 13.0 Å². The number of amides is 1. The first kappa shape index (κ1) is 15.4. The van der Waals surface area contributed by atoms with E-state index in [9.17, 15) is 4.79 Å². The second-order valence-corrected chi connectivity index (χ2v) is 6.40. The predicted molar refractivity (Wildman–Crippen MR) is 79.9 cm³/mol. The fourth-order valence-corrected chi connectivity index (χ4v) is 3.50. The molecule has 3 rings (SSSR count). The molecule has 122 valence electrons. The van der Waals surface area contributed by atoms with Gasteiger partial charge in [0, 0.05) is 20.0 Å². The van der Waals surface area contributed by atoms with Gasteiger partial charge in [-0.15, -0.1) is 5.10 Å². The molecule has 2 heterocycles. The summed E-state index contributed by atoms with van der Waals surface area (Å²) in [6.07, 6.45) is 8.09. The van der Waals surface area contributed by atoms with Gasteiger partial charge < -0.3 is 9.64 Å². The Hall–Kier alpha value is -1.50. The summed E-state index contributed by atoms with van der Waals surface area (Å²) in [6, 6.07) is 0. The van der Waals surface area contributed by atoms with Crippen molar-refractivity contribution in [3.05, 3.63) is 5.82 Å². The molecule has 0 spiro atoms. The average molecular weight is 307 g/mol. The summed E-state index contributed by atoms with van der Waals surface area (Å²) < 4.78 is 7.33. The zero-order valence-corrected chi connectivity index (χ0v) is 13.3. The molecule has 2 aliphatic rings. The molecule has 1 unspecified atom stereocenters. The molecule has 1 aromatic heterocycles. The number of carbonyl (C=O) groups excluding carboxylic acids is 1. The highest BCUT2D eigenvalue weighted by atomic mass is 16.5. The molecule has 1 aliphatic carbocycles. The van der Waals surface area contributed by atoms with Crippen molar-refractivity contribution in [2.75, 3.05) is 19.7 Å². The van der Waals surface area contributed by atoms with Crippen LogP contribution in [0, 0.1) is 5.92 Å². The van der Waals surface area contributed by atoms with Gasteiger partial charge in [0.1, 0.15) is 6.10 Å². The van der Waals surface area contributed by atoms with E-state index in [-0.39, 0.29) is 12.0 Å². The van der Waals surface area contributed by atoms with Gasteiger partial charge in [-0.3, -0.25) is 4.79 Å². The van der Waals surface area contributed by atoms with Gasteiger partial charge in [0.2, 0.25) is 5.91 Å². The molecule has 2 fully saturated rings. The Morgan fingerprint density at radius 1 is 1.32 bits per heavy atom. The van der Waals surface area contributed by atoms with Crippen LogP contribution in [0.25, 0.3) is 0 Å². The van der Waals surface area contributed by atoms with Crippen molar-refractivity contribution in [3.63, 3.8) is 0 Å². The molecule has 1 saturated carbocycles.